The molecule has 1 unspecified atom stereocenters. The zero-order chi connectivity index (χ0) is 14.3. The normalized spacial score (nSPS) is 12.0. The van der Waals surface area contributed by atoms with Gasteiger partial charge in [-0.05, 0) is 12.1 Å². The minimum absolute atomic E-state index is 0.181. The van der Waals surface area contributed by atoms with Crippen LogP contribution in [0, 0.1) is 0 Å². The summed E-state index contributed by atoms with van der Waals surface area (Å²) < 4.78 is 10.1. The SMILES string of the molecule is COCC(CNC(=O)c1cc(Cl)nc(NN)c1)OC. The number of nitrogens with two attached hydrogens (primary N) is 1. The first-order valence-corrected chi connectivity index (χ1v) is 5.92. The lowest BCUT2D eigenvalue weighted by atomic mass is 10.2. The van der Waals surface area contributed by atoms with Gasteiger partial charge in [0.15, 0.2) is 0 Å². The first-order chi connectivity index (χ1) is 9.10. The van der Waals surface area contributed by atoms with E-state index < -0.39 is 0 Å². The summed E-state index contributed by atoms with van der Waals surface area (Å²) in [7, 11) is 3.12. The Balaban J connectivity index is 2.65. The molecule has 0 saturated carbocycles. The molecule has 19 heavy (non-hydrogen) atoms. The second-order valence-electron chi connectivity index (χ2n) is 3.73. The molecule has 0 fully saturated rings. The van der Waals surface area contributed by atoms with E-state index in [0.29, 0.717) is 24.5 Å². The average Bonchev–Trinajstić information content (AvgIpc) is 2.42. The number of aromatic nitrogens is 1. The topological polar surface area (TPSA) is 98.5 Å². The number of hydrogen-bond donors (Lipinski definition) is 3. The molecule has 7 nitrogen and oxygen atoms in total. The maximum absolute atomic E-state index is 11.9. The van der Waals surface area contributed by atoms with Crippen molar-refractivity contribution in [2.45, 2.75) is 6.10 Å². The van der Waals surface area contributed by atoms with Crippen LogP contribution >= 0.6 is 11.6 Å². The number of carbonyl (C=O) groups is 1. The highest BCUT2D eigenvalue weighted by Gasteiger charge is 2.12. The van der Waals surface area contributed by atoms with Gasteiger partial charge < -0.3 is 20.2 Å². The van der Waals surface area contributed by atoms with Crippen molar-refractivity contribution in [3.8, 4) is 0 Å². The molecule has 8 heteroatoms. The Morgan fingerprint density at radius 2 is 2.26 bits per heavy atom. The van der Waals surface area contributed by atoms with Gasteiger partial charge in [0, 0.05) is 26.3 Å². The van der Waals surface area contributed by atoms with Crippen molar-refractivity contribution < 1.29 is 14.3 Å². The molecular weight excluding hydrogens is 272 g/mol. The highest BCUT2D eigenvalue weighted by Crippen LogP contribution is 2.13. The van der Waals surface area contributed by atoms with Gasteiger partial charge in [0.1, 0.15) is 11.0 Å². The minimum atomic E-state index is -0.293. The lowest BCUT2D eigenvalue weighted by molar-refractivity contribution is 0.0285. The van der Waals surface area contributed by atoms with Gasteiger partial charge in [0.25, 0.3) is 5.91 Å². The zero-order valence-corrected chi connectivity index (χ0v) is 11.5. The fourth-order valence-corrected chi connectivity index (χ4v) is 1.62. The summed E-state index contributed by atoms with van der Waals surface area (Å²) in [6, 6.07) is 2.95. The molecular formula is C11H17ClN4O3. The van der Waals surface area contributed by atoms with Crippen LogP contribution in [0.15, 0.2) is 12.1 Å². The number of rotatable bonds is 7. The number of nitrogens with zero attached hydrogens (tertiary/aromatic N) is 1. The molecule has 0 saturated heterocycles. The Hall–Kier alpha value is -1.41. The Labute approximate surface area is 116 Å². The fraction of sp³-hybridized carbons (Fsp3) is 0.455. The van der Waals surface area contributed by atoms with Crippen LogP contribution in [0.3, 0.4) is 0 Å². The summed E-state index contributed by atoms with van der Waals surface area (Å²) >= 11 is 5.78. The molecule has 1 aromatic heterocycles. The number of hydrogen-bond acceptors (Lipinski definition) is 6. The van der Waals surface area contributed by atoms with E-state index in [1.54, 1.807) is 14.2 Å². The molecule has 1 rings (SSSR count). The molecule has 1 amide bonds. The number of nitrogens with one attached hydrogen (secondary N) is 2. The predicted molar refractivity (Wildman–Crippen MR) is 72.1 cm³/mol. The Morgan fingerprint density at radius 3 is 2.84 bits per heavy atom. The molecule has 106 valence electrons. The number of hydrazine groups is 1. The standard InChI is InChI=1S/C11H17ClN4O3/c1-18-6-8(19-2)5-14-11(17)7-3-9(12)15-10(4-7)16-13/h3-4,8H,5-6,13H2,1-2H3,(H,14,17)(H,15,16). The third-order valence-electron chi connectivity index (χ3n) is 2.38. The third-order valence-corrected chi connectivity index (χ3v) is 2.57. The van der Waals surface area contributed by atoms with Crippen molar-refractivity contribution in [1.29, 1.82) is 0 Å². The van der Waals surface area contributed by atoms with Crippen LogP contribution in [-0.4, -0.2) is 44.4 Å². The van der Waals surface area contributed by atoms with E-state index in [1.807, 2.05) is 0 Å². The minimum Gasteiger partial charge on any atom is -0.382 e. The number of nitrogen functional groups attached to an aromatic ring is 1. The molecule has 1 atom stereocenters. The highest BCUT2D eigenvalue weighted by atomic mass is 35.5. The van der Waals surface area contributed by atoms with E-state index in [2.05, 4.69) is 15.7 Å². The second kappa shape index (κ2) is 7.90. The van der Waals surface area contributed by atoms with E-state index in [-0.39, 0.29) is 17.2 Å². The van der Waals surface area contributed by atoms with Gasteiger partial charge in [-0.3, -0.25) is 4.79 Å². The lowest BCUT2D eigenvalue weighted by Gasteiger charge is -2.15. The van der Waals surface area contributed by atoms with Crippen LogP contribution in [-0.2, 0) is 9.47 Å². The molecule has 1 aromatic rings. The first-order valence-electron chi connectivity index (χ1n) is 5.54. The van der Waals surface area contributed by atoms with Gasteiger partial charge >= 0.3 is 0 Å². The van der Waals surface area contributed by atoms with Crippen molar-refractivity contribution in [3.05, 3.63) is 22.8 Å². The molecule has 4 N–H and O–H groups in total. The van der Waals surface area contributed by atoms with Crippen LogP contribution in [0.4, 0.5) is 5.82 Å². The van der Waals surface area contributed by atoms with Crippen molar-refractivity contribution in [3.63, 3.8) is 0 Å². The molecule has 0 aromatic carbocycles. The molecule has 1 heterocycles. The van der Waals surface area contributed by atoms with Crippen LogP contribution in [0.25, 0.3) is 0 Å². The third kappa shape index (κ3) is 4.99. The van der Waals surface area contributed by atoms with Crippen molar-refractivity contribution >= 4 is 23.3 Å². The fourth-order valence-electron chi connectivity index (χ4n) is 1.41. The number of pyridine rings is 1. The van der Waals surface area contributed by atoms with Crippen LogP contribution < -0.4 is 16.6 Å². The molecule has 0 aliphatic rings. The monoisotopic (exact) mass is 288 g/mol. The number of halogens is 1. The molecule has 0 radical (unpaired) electrons. The average molecular weight is 289 g/mol. The maximum atomic E-state index is 11.9. The van der Waals surface area contributed by atoms with E-state index >= 15 is 0 Å². The summed E-state index contributed by atoms with van der Waals surface area (Å²) in [6.45, 7) is 0.720. The summed E-state index contributed by atoms with van der Waals surface area (Å²) in [5.74, 6) is 5.26. The van der Waals surface area contributed by atoms with Crippen molar-refractivity contribution in [2.75, 3.05) is 32.8 Å². The zero-order valence-electron chi connectivity index (χ0n) is 10.8. The van der Waals surface area contributed by atoms with Crippen molar-refractivity contribution in [1.82, 2.24) is 10.3 Å². The van der Waals surface area contributed by atoms with Crippen LogP contribution in [0.5, 0.6) is 0 Å². The number of amides is 1. The largest absolute Gasteiger partial charge is 0.382 e. The van der Waals surface area contributed by atoms with E-state index in [1.165, 1.54) is 12.1 Å². The highest BCUT2D eigenvalue weighted by molar-refractivity contribution is 6.29. The number of anilines is 1. The summed E-state index contributed by atoms with van der Waals surface area (Å²) in [5.41, 5.74) is 2.70. The van der Waals surface area contributed by atoms with E-state index in [0.717, 1.165) is 0 Å². The van der Waals surface area contributed by atoms with E-state index in [4.69, 9.17) is 26.9 Å². The first kappa shape index (κ1) is 15.6. The summed E-state index contributed by atoms with van der Waals surface area (Å²) in [5, 5.41) is 2.90. The second-order valence-corrected chi connectivity index (χ2v) is 4.12. The van der Waals surface area contributed by atoms with Gasteiger partial charge in [-0.25, -0.2) is 10.8 Å². The van der Waals surface area contributed by atoms with Crippen LogP contribution in [0.1, 0.15) is 10.4 Å². The molecule has 0 aliphatic carbocycles. The van der Waals surface area contributed by atoms with Gasteiger partial charge in [-0.1, -0.05) is 11.6 Å². The number of carbonyl (C=O) groups excluding carboxylic acids is 1. The predicted octanol–water partition coefficient (Wildman–Crippen LogP) is 0.412. The summed E-state index contributed by atoms with van der Waals surface area (Å²) in [4.78, 5) is 15.8. The quantitative estimate of drug-likeness (QED) is 0.382. The lowest BCUT2D eigenvalue weighted by Crippen LogP contribution is -2.35. The maximum Gasteiger partial charge on any atom is 0.251 e. The smallest absolute Gasteiger partial charge is 0.251 e. The van der Waals surface area contributed by atoms with Crippen LogP contribution in [0.2, 0.25) is 5.15 Å². The van der Waals surface area contributed by atoms with Gasteiger partial charge in [-0.15, -0.1) is 0 Å². The number of methoxy groups -OCH3 is 2. The molecule has 0 spiro atoms. The van der Waals surface area contributed by atoms with Gasteiger partial charge in [0.05, 0.1) is 12.7 Å². The molecule has 0 aliphatic heterocycles. The van der Waals surface area contributed by atoms with Gasteiger partial charge in [0.2, 0.25) is 0 Å². The van der Waals surface area contributed by atoms with Gasteiger partial charge in [-0.2, -0.15) is 0 Å². The Bertz CT molecular complexity index is 430. The Morgan fingerprint density at radius 1 is 1.53 bits per heavy atom. The summed E-state index contributed by atoms with van der Waals surface area (Å²) in [6.07, 6.45) is -0.210. The number of ether oxygens (including phenoxy) is 2. The molecule has 0 bridgehead atoms. The van der Waals surface area contributed by atoms with Crippen molar-refractivity contribution in [2.24, 2.45) is 5.84 Å². The van der Waals surface area contributed by atoms with E-state index in [9.17, 15) is 4.79 Å². The Kier molecular flexibility index (Phi) is 6.51.